The quantitative estimate of drug-likeness (QED) is 0.888. The van der Waals surface area contributed by atoms with Crippen molar-refractivity contribution >= 4 is 5.91 Å². The van der Waals surface area contributed by atoms with Gasteiger partial charge in [-0.2, -0.15) is 0 Å². The monoisotopic (exact) mass is 343 g/mol. The molecule has 4 heteroatoms. The molecule has 4 aliphatic rings. The molecular weight excluding hydrogens is 314 g/mol. The zero-order valence-electron chi connectivity index (χ0n) is 15.6. The van der Waals surface area contributed by atoms with Crippen molar-refractivity contribution in [2.45, 2.75) is 57.4 Å². The molecule has 4 fully saturated rings. The van der Waals surface area contributed by atoms with Crippen LogP contribution in [0.15, 0.2) is 12.1 Å². The van der Waals surface area contributed by atoms with Crippen LogP contribution in [0.2, 0.25) is 0 Å². The lowest BCUT2D eigenvalue weighted by Gasteiger charge is -2.56. The van der Waals surface area contributed by atoms with Gasteiger partial charge in [-0.05, 0) is 86.5 Å². The Morgan fingerprint density at radius 2 is 1.56 bits per heavy atom. The molecule has 0 spiro atoms. The Balaban J connectivity index is 1.48. The van der Waals surface area contributed by atoms with Crippen molar-refractivity contribution in [1.82, 2.24) is 5.32 Å². The molecule has 0 unspecified atom stereocenters. The number of hydrogen-bond donors (Lipinski definition) is 1. The van der Waals surface area contributed by atoms with E-state index in [-0.39, 0.29) is 11.4 Å². The second-order valence-corrected chi connectivity index (χ2v) is 8.56. The molecule has 1 aromatic carbocycles. The summed E-state index contributed by atoms with van der Waals surface area (Å²) in [6.45, 7) is 2.02. The van der Waals surface area contributed by atoms with Crippen molar-refractivity contribution in [3.05, 3.63) is 23.3 Å². The van der Waals surface area contributed by atoms with Gasteiger partial charge in [-0.15, -0.1) is 0 Å². The molecule has 1 N–H and O–H groups in total. The highest BCUT2D eigenvalue weighted by atomic mass is 16.5. The van der Waals surface area contributed by atoms with E-state index >= 15 is 0 Å². The molecule has 25 heavy (non-hydrogen) atoms. The lowest BCUT2D eigenvalue weighted by Crippen LogP contribution is -2.60. The molecule has 4 bridgehead atoms. The summed E-state index contributed by atoms with van der Waals surface area (Å²) in [4.78, 5) is 12.8. The number of nitrogens with one attached hydrogen (secondary N) is 1. The van der Waals surface area contributed by atoms with Crippen LogP contribution in [-0.2, 0) is 11.2 Å². The van der Waals surface area contributed by atoms with Gasteiger partial charge in [0.15, 0.2) is 11.5 Å². The molecule has 0 aliphatic heterocycles. The highest BCUT2D eigenvalue weighted by molar-refractivity contribution is 5.80. The molecular formula is C21H29NO3. The Kier molecular flexibility index (Phi) is 4.17. The van der Waals surface area contributed by atoms with E-state index in [1.165, 1.54) is 38.5 Å². The summed E-state index contributed by atoms with van der Waals surface area (Å²) in [5.41, 5.74) is 2.16. The number of carbonyl (C=O) groups is 1. The second kappa shape index (κ2) is 6.22. The minimum absolute atomic E-state index is 0.0797. The average Bonchev–Trinajstić information content (AvgIpc) is 2.54. The Hall–Kier alpha value is -1.71. The molecule has 1 aromatic rings. The highest BCUT2D eigenvalue weighted by Crippen LogP contribution is 2.55. The van der Waals surface area contributed by atoms with E-state index in [1.54, 1.807) is 14.2 Å². The minimum Gasteiger partial charge on any atom is -0.493 e. The fourth-order valence-electron chi connectivity index (χ4n) is 5.99. The fourth-order valence-corrected chi connectivity index (χ4v) is 5.99. The number of rotatable bonds is 5. The molecule has 4 aliphatic carbocycles. The SMILES string of the molecule is COc1cc(C)c(CC(=O)NC23CC4CC(CC(C4)C2)C3)cc1OC. The molecule has 136 valence electrons. The first-order chi connectivity index (χ1) is 12.0. The predicted octanol–water partition coefficient (Wildman–Crippen LogP) is 3.64. The third-order valence-corrected chi connectivity index (χ3v) is 6.64. The predicted molar refractivity (Wildman–Crippen MR) is 97.0 cm³/mol. The minimum atomic E-state index is 0.0797. The smallest absolute Gasteiger partial charge is 0.224 e. The third-order valence-electron chi connectivity index (χ3n) is 6.64. The van der Waals surface area contributed by atoms with Gasteiger partial charge in [-0.25, -0.2) is 0 Å². The van der Waals surface area contributed by atoms with E-state index in [9.17, 15) is 4.79 Å². The number of ether oxygens (including phenoxy) is 2. The van der Waals surface area contributed by atoms with Crippen LogP contribution in [0.25, 0.3) is 0 Å². The van der Waals surface area contributed by atoms with Gasteiger partial charge < -0.3 is 14.8 Å². The Morgan fingerprint density at radius 3 is 2.08 bits per heavy atom. The molecule has 0 heterocycles. The lowest BCUT2D eigenvalue weighted by atomic mass is 9.53. The van der Waals surface area contributed by atoms with Gasteiger partial charge in [0, 0.05) is 5.54 Å². The maximum Gasteiger partial charge on any atom is 0.224 e. The summed E-state index contributed by atoms with van der Waals surface area (Å²) in [5.74, 6) is 4.08. The van der Waals surface area contributed by atoms with E-state index in [1.807, 2.05) is 19.1 Å². The zero-order valence-corrected chi connectivity index (χ0v) is 15.6. The third kappa shape index (κ3) is 3.11. The van der Waals surface area contributed by atoms with E-state index < -0.39 is 0 Å². The number of benzene rings is 1. The molecule has 4 nitrogen and oxygen atoms in total. The second-order valence-electron chi connectivity index (χ2n) is 8.56. The van der Waals surface area contributed by atoms with Crippen LogP contribution >= 0.6 is 0 Å². The van der Waals surface area contributed by atoms with Gasteiger partial charge in [0.05, 0.1) is 20.6 Å². The largest absolute Gasteiger partial charge is 0.493 e. The van der Waals surface area contributed by atoms with Gasteiger partial charge in [0.2, 0.25) is 5.91 Å². The normalized spacial score (nSPS) is 32.5. The van der Waals surface area contributed by atoms with E-state index in [0.717, 1.165) is 28.9 Å². The summed E-state index contributed by atoms with van der Waals surface area (Å²) >= 11 is 0. The van der Waals surface area contributed by atoms with Crippen LogP contribution in [0, 0.1) is 24.7 Å². The summed E-state index contributed by atoms with van der Waals surface area (Å²) in [6.07, 6.45) is 8.16. The summed E-state index contributed by atoms with van der Waals surface area (Å²) in [5, 5.41) is 3.46. The number of hydrogen-bond acceptors (Lipinski definition) is 3. The molecule has 0 aromatic heterocycles. The van der Waals surface area contributed by atoms with E-state index in [2.05, 4.69) is 5.32 Å². The van der Waals surface area contributed by atoms with Crippen molar-refractivity contribution in [2.75, 3.05) is 14.2 Å². The average molecular weight is 343 g/mol. The van der Waals surface area contributed by atoms with Gasteiger partial charge >= 0.3 is 0 Å². The maximum atomic E-state index is 12.8. The van der Waals surface area contributed by atoms with Gasteiger partial charge in [0.1, 0.15) is 0 Å². The molecule has 0 saturated heterocycles. The summed E-state index contributed by atoms with van der Waals surface area (Å²) in [6, 6.07) is 3.89. The van der Waals surface area contributed by atoms with Crippen molar-refractivity contribution in [3.63, 3.8) is 0 Å². The molecule has 5 rings (SSSR count). The van der Waals surface area contributed by atoms with Crippen LogP contribution < -0.4 is 14.8 Å². The Labute approximate surface area is 150 Å². The lowest BCUT2D eigenvalue weighted by molar-refractivity contribution is -0.126. The number of aryl methyl sites for hydroxylation is 1. The van der Waals surface area contributed by atoms with Gasteiger partial charge in [-0.1, -0.05) is 0 Å². The first kappa shape index (κ1) is 16.7. The fraction of sp³-hybridized carbons (Fsp3) is 0.667. The van der Waals surface area contributed by atoms with Crippen LogP contribution in [0.3, 0.4) is 0 Å². The van der Waals surface area contributed by atoms with Crippen molar-refractivity contribution < 1.29 is 14.3 Å². The zero-order chi connectivity index (χ0) is 17.6. The van der Waals surface area contributed by atoms with Crippen LogP contribution in [0.5, 0.6) is 11.5 Å². The van der Waals surface area contributed by atoms with E-state index in [0.29, 0.717) is 17.9 Å². The molecule has 0 atom stereocenters. The standard InChI is InChI=1S/C21H29NO3/c1-13-4-18(24-2)19(25-3)8-17(13)9-20(23)22-21-10-14-5-15(11-21)7-16(6-14)12-21/h4,8,14-16H,5-7,9-12H2,1-3H3,(H,22,23). The number of carbonyl (C=O) groups excluding carboxylic acids is 1. The molecule has 1 amide bonds. The maximum absolute atomic E-state index is 12.8. The van der Waals surface area contributed by atoms with Crippen LogP contribution in [0.1, 0.15) is 49.7 Å². The summed E-state index contributed by atoms with van der Waals surface area (Å²) in [7, 11) is 3.27. The van der Waals surface area contributed by atoms with Gasteiger partial charge in [0.25, 0.3) is 0 Å². The summed E-state index contributed by atoms with van der Waals surface area (Å²) < 4.78 is 10.7. The van der Waals surface area contributed by atoms with E-state index in [4.69, 9.17) is 9.47 Å². The topological polar surface area (TPSA) is 47.6 Å². The molecule has 0 radical (unpaired) electrons. The Bertz CT molecular complexity index is 647. The highest BCUT2D eigenvalue weighted by Gasteiger charge is 2.51. The van der Waals surface area contributed by atoms with Crippen molar-refractivity contribution in [2.24, 2.45) is 17.8 Å². The van der Waals surface area contributed by atoms with Gasteiger partial charge in [-0.3, -0.25) is 4.79 Å². The molecule has 4 saturated carbocycles. The number of methoxy groups -OCH3 is 2. The van der Waals surface area contributed by atoms with Crippen LogP contribution in [0.4, 0.5) is 0 Å². The Morgan fingerprint density at radius 1 is 1.04 bits per heavy atom. The number of amides is 1. The van der Waals surface area contributed by atoms with Crippen molar-refractivity contribution in [1.29, 1.82) is 0 Å². The first-order valence-corrected chi connectivity index (χ1v) is 9.53. The van der Waals surface area contributed by atoms with Crippen molar-refractivity contribution in [3.8, 4) is 11.5 Å². The first-order valence-electron chi connectivity index (χ1n) is 9.53. The van der Waals surface area contributed by atoms with Crippen LogP contribution in [-0.4, -0.2) is 25.7 Å².